The molecule has 2 aliphatic rings. The van der Waals surface area contributed by atoms with Crippen molar-refractivity contribution >= 4 is 18.3 Å². The van der Waals surface area contributed by atoms with E-state index in [1.54, 1.807) is 4.90 Å². The topological polar surface area (TPSA) is 75.7 Å². The van der Waals surface area contributed by atoms with Gasteiger partial charge in [0.2, 0.25) is 5.91 Å². The second-order valence-corrected chi connectivity index (χ2v) is 5.96. The van der Waals surface area contributed by atoms with Crippen LogP contribution in [-0.2, 0) is 14.3 Å². The summed E-state index contributed by atoms with van der Waals surface area (Å²) >= 11 is 0. The molecular weight excluding hydrogens is 260 g/mol. The summed E-state index contributed by atoms with van der Waals surface area (Å²) in [6.07, 6.45) is 3.11. The molecule has 1 saturated heterocycles. The van der Waals surface area contributed by atoms with Crippen molar-refractivity contribution in [1.82, 2.24) is 10.2 Å². The van der Waals surface area contributed by atoms with Gasteiger partial charge in [0, 0.05) is 6.04 Å². The molecule has 0 aromatic heterocycles. The quantitative estimate of drug-likeness (QED) is 0.779. The van der Waals surface area contributed by atoms with E-state index >= 15 is 0 Å². The molecule has 112 valence electrons. The van der Waals surface area contributed by atoms with Crippen LogP contribution in [0.2, 0.25) is 0 Å². The van der Waals surface area contributed by atoms with Crippen LogP contribution in [0.1, 0.15) is 33.1 Å². The molecular formula is C14H22N2O4. The van der Waals surface area contributed by atoms with Crippen LogP contribution >= 0.6 is 0 Å². The minimum atomic E-state index is -0.649. The van der Waals surface area contributed by atoms with Gasteiger partial charge in [0.1, 0.15) is 12.3 Å². The molecule has 6 nitrogen and oxygen atoms in total. The molecule has 1 aliphatic carbocycles. The number of alkyl carbamates (subject to hydrolysis) is 1. The highest BCUT2D eigenvalue weighted by molar-refractivity contribution is 5.88. The van der Waals surface area contributed by atoms with Crippen molar-refractivity contribution in [3.8, 4) is 0 Å². The van der Waals surface area contributed by atoms with Gasteiger partial charge in [-0.25, -0.2) is 4.79 Å². The number of hydrogen-bond donors (Lipinski definition) is 1. The summed E-state index contributed by atoms with van der Waals surface area (Å²) < 4.78 is 4.57. The van der Waals surface area contributed by atoms with Gasteiger partial charge in [-0.2, -0.15) is 0 Å². The van der Waals surface area contributed by atoms with Gasteiger partial charge in [0.15, 0.2) is 0 Å². The van der Waals surface area contributed by atoms with Crippen LogP contribution in [0.3, 0.4) is 0 Å². The fraction of sp³-hybridized carbons (Fsp3) is 0.786. The van der Waals surface area contributed by atoms with Crippen LogP contribution in [0.5, 0.6) is 0 Å². The maximum atomic E-state index is 12.7. The Kier molecular flexibility index (Phi) is 4.30. The summed E-state index contributed by atoms with van der Waals surface area (Å²) in [6, 6.07) is -0.838. The van der Waals surface area contributed by atoms with Gasteiger partial charge in [-0.3, -0.25) is 4.79 Å². The highest BCUT2D eigenvalue weighted by Crippen LogP contribution is 2.42. The Balaban J connectivity index is 2.14. The number of aldehydes is 1. The molecule has 0 radical (unpaired) electrons. The first-order valence-corrected chi connectivity index (χ1v) is 7.11. The number of nitrogens with one attached hydrogen (secondary N) is 1. The zero-order chi connectivity index (χ0) is 14.9. The molecule has 1 N–H and O–H groups in total. The monoisotopic (exact) mass is 282 g/mol. The number of piperidine rings is 1. The molecule has 1 saturated carbocycles. The zero-order valence-electron chi connectivity index (χ0n) is 12.2. The highest BCUT2D eigenvalue weighted by atomic mass is 16.5. The Labute approximate surface area is 118 Å². The van der Waals surface area contributed by atoms with Gasteiger partial charge >= 0.3 is 6.09 Å². The van der Waals surface area contributed by atoms with Gasteiger partial charge in [-0.1, -0.05) is 13.8 Å². The summed E-state index contributed by atoms with van der Waals surface area (Å²) in [5.41, 5.74) is 0. The van der Waals surface area contributed by atoms with Crippen LogP contribution in [0.25, 0.3) is 0 Å². The number of carbonyl (C=O) groups excluding carboxylic acids is 3. The van der Waals surface area contributed by atoms with Crippen LogP contribution in [0.4, 0.5) is 4.79 Å². The maximum absolute atomic E-state index is 12.7. The minimum Gasteiger partial charge on any atom is -0.453 e. The SMILES string of the molecule is COC(=O)NC(C(=O)N1C2CCC(C2)C1C=O)C(C)C. The third kappa shape index (κ3) is 2.51. The molecule has 0 aromatic carbocycles. The predicted octanol–water partition coefficient (Wildman–Crippen LogP) is 0.945. The summed E-state index contributed by atoms with van der Waals surface area (Å²) in [7, 11) is 1.27. The maximum Gasteiger partial charge on any atom is 0.407 e. The number of hydrogen-bond acceptors (Lipinski definition) is 4. The highest BCUT2D eigenvalue weighted by Gasteiger charge is 2.49. The van der Waals surface area contributed by atoms with Crippen LogP contribution in [-0.4, -0.2) is 48.4 Å². The molecule has 4 atom stereocenters. The number of methoxy groups -OCH3 is 1. The van der Waals surface area contributed by atoms with Crippen molar-refractivity contribution in [1.29, 1.82) is 0 Å². The average molecular weight is 282 g/mol. The Bertz CT molecular complexity index is 410. The lowest BCUT2D eigenvalue weighted by atomic mass is 9.97. The molecule has 6 heteroatoms. The van der Waals surface area contributed by atoms with Gasteiger partial charge in [-0.05, 0) is 31.1 Å². The number of fused-ring (bicyclic) bond motifs is 2. The Hall–Kier alpha value is -1.59. The summed E-state index contributed by atoms with van der Waals surface area (Å²) in [6.45, 7) is 3.73. The van der Waals surface area contributed by atoms with Crippen molar-refractivity contribution in [3.05, 3.63) is 0 Å². The van der Waals surface area contributed by atoms with Crippen LogP contribution in [0, 0.1) is 11.8 Å². The largest absolute Gasteiger partial charge is 0.453 e. The van der Waals surface area contributed by atoms with E-state index < -0.39 is 12.1 Å². The first kappa shape index (κ1) is 14.8. The standard InChI is InChI=1S/C14H22N2O4/c1-8(2)12(15-14(19)20-3)13(18)16-10-5-4-9(6-10)11(16)7-17/h7-12H,4-6H2,1-3H3,(H,15,19). The van der Waals surface area contributed by atoms with E-state index in [2.05, 4.69) is 10.1 Å². The summed E-state index contributed by atoms with van der Waals surface area (Å²) in [4.78, 5) is 37.0. The van der Waals surface area contributed by atoms with Crippen molar-refractivity contribution in [2.24, 2.45) is 11.8 Å². The van der Waals surface area contributed by atoms with E-state index in [1.165, 1.54) is 7.11 Å². The Morgan fingerprint density at radius 1 is 1.35 bits per heavy atom. The number of nitrogens with zero attached hydrogens (tertiary/aromatic N) is 1. The van der Waals surface area contributed by atoms with E-state index in [-0.39, 0.29) is 29.8 Å². The van der Waals surface area contributed by atoms with Crippen LogP contribution in [0.15, 0.2) is 0 Å². The number of likely N-dealkylation sites (tertiary alicyclic amines) is 1. The molecule has 2 bridgehead atoms. The normalized spacial score (nSPS) is 29.4. The second-order valence-electron chi connectivity index (χ2n) is 5.96. The number of rotatable bonds is 4. The van der Waals surface area contributed by atoms with Crippen molar-refractivity contribution in [3.63, 3.8) is 0 Å². The Morgan fingerprint density at radius 3 is 2.60 bits per heavy atom. The average Bonchev–Trinajstić information content (AvgIpc) is 3.03. The molecule has 2 fully saturated rings. The lowest BCUT2D eigenvalue weighted by Crippen LogP contribution is -2.56. The van der Waals surface area contributed by atoms with Crippen LogP contribution < -0.4 is 5.32 Å². The first-order chi connectivity index (χ1) is 9.49. The van der Waals surface area contributed by atoms with Crippen molar-refractivity contribution in [2.75, 3.05) is 7.11 Å². The molecule has 0 spiro atoms. The third-order valence-corrected chi connectivity index (χ3v) is 4.43. The number of amides is 2. The number of ether oxygens (including phenoxy) is 1. The molecule has 2 rings (SSSR count). The van der Waals surface area contributed by atoms with Gasteiger partial charge < -0.3 is 19.7 Å². The molecule has 4 unspecified atom stereocenters. The predicted molar refractivity (Wildman–Crippen MR) is 72.0 cm³/mol. The van der Waals surface area contributed by atoms with E-state index in [9.17, 15) is 14.4 Å². The summed E-state index contributed by atoms with van der Waals surface area (Å²) in [5, 5.41) is 2.58. The van der Waals surface area contributed by atoms with E-state index in [1.807, 2.05) is 13.8 Å². The lowest BCUT2D eigenvalue weighted by molar-refractivity contribution is -0.141. The van der Waals surface area contributed by atoms with Gasteiger partial charge in [-0.15, -0.1) is 0 Å². The Morgan fingerprint density at radius 2 is 2.05 bits per heavy atom. The van der Waals surface area contributed by atoms with E-state index in [0.717, 1.165) is 25.5 Å². The zero-order valence-corrected chi connectivity index (χ0v) is 12.2. The molecule has 20 heavy (non-hydrogen) atoms. The second kappa shape index (κ2) is 5.81. The fourth-order valence-electron chi connectivity index (χ4n) is 3.39. The smallest absolute Gasteiger partial charge is 0.407 e. The van der Waals surface area contributed by atoms with Gasteiger partial charge in [0.05, 0.1) is 13.2 Å². The minimum absolute atomic E-state index is 0.0620. The fourth-order valence-corrected chi connectivity index (χ4v) is 3.39. The lowest BCUT2D eigenvalue weighted by Gasteiger charge is -2.35. The third-order valence-electron chi connectivity index (χ3n) is 4.43. The van der Waals surface area contributed by atoms with Gasteiger partial charge in [0.25, 0.3) is 0 Å². The first-order valence-electron chi connectivity index (χ1n) is 7.11. The van der Waals surface area contributed by atoms with E-state index in [0.29, 0.717) is 0 Å². The molecule has 2 amide bonds. The van der Waals surface area contributed by atoms with Crippen molar-refractivity contribution < 1.29 is 19.1 Å². The number of carbonyl (C=O) groups is 3. The molecule has 0 aromatic rings. The summed E-state index contributed by atoms with van der Waals surface area (Å²) in [5.74, 6) is 0.0510. The molecule has 1 heterocycles. The van der Waals surface area contributed by atoms with Crippen molar-refractivity contribution in [2.45, 2.75) is 51.2 Å². The van der Waals surface area contributed by atoms with E-state index in [4.69, 9.17) is 0 Å². The molecule has 1 aliphatic heterocycles.